The molecule has 31 heavy (non-hydrogen) atoms. The molecule has 1 aliphatic heterocycles. The van der Waals surface area contributed by atoms with Gasteiger partial charge in [0.05, 0.1) is 7.11 Å². The number of rotatable bonds is 5. The van der Waals surface area contributed by atoms with Gasteiger partial charge in [0.2, 0.25) is 0 Å². The van der Waals surface area contributed by atoms with Crippen molar-refractivity contribution in [2.75, 3.05) is 20.2 Å². The van der Waals surface area contributed by atoms with E-state index in [0.29, 0.717) is 5.75 Å². The molecule has 0 unspecified atom stereocenters. The molecule has 168 valence electrons. The number of aromatic nitrogens is 1. The van der Waals surface area contributed by atoms with Gasteiger partial charge in [-0.15, -0.1) is 0 Å². The number of hydrogen-bond donors (Lipinski definition) is 1. The molecule has 0 bridgehead atoms. The average molecular weight is 428 g/mol. The van der Waals surface area contributed by atoms with E-state index < -0.39 is 5.60 Å². The highest BCUT2D eigenvalue weighted by Crippen LogP contribution is 2.32. The van der Waals surface area contributed by atoms with Gasteiger partial charge >= 0.3 is 6.09 Å². The van der Waals surface area contributed by atoms with Crippen LogP contribution < -0.4 is 15.6 Å². The van der Waals surface area contributed by atoms with Gasteiger partial charge in [0.25, 0.3) is 5.56 Å². The molecule has 1 saturated heterocycles. The Morgan fingerprint density at radius 3 is 2.48 bits per heavy atom. The smallest absolute Gasteiger partial charge is 0.407 e. The fraction of sp³-hybridized carbons (Fsp3) is 0.500. The van der Waals surface area contributed by atoms with Crippen LogP contribution in [0.1, 0.15) is 39.2 Å². The Hall–Kier alpha value is -2.80. The van der Waals surface area contributed by atoms with Crippen molar-refractivity contribution >= 4 is 6.09 Å². The summed E-state index contributed by atoms with van der Waals surface area (Å²) < 4.78 is 12.4. The molecule has 1 aromatic heterocycles. The Bertz CT molecular complexity index is 970. The number of amides is 1. The van der Waals surface area contributed by atoms with Crippen LogP contribution >= 0.6 is 0 Å². The van der Waals surface area contributed by atoms with E-state index >= 15 is 0 Å². The summed E-state index contributed by atoms with van der Waals surface area (Å²) in [6.07, 6.45) is 3.24. The van der Waals surface area contributed by atoms with E-state index in [0.717, 1.165) is 43.6 Å². The van der Waals surface area contributed by atoms with Gasteiger partial charge in [-0.3, -0.25) is 9.69 Å². The molecule has 7 nitrogen and oxygen atoms in total. The maximum atomic E-state index is 12.0. The highest BCUT2D eigenvalue weighted by Gasteiger charge is 2.24. The summed E-state index contributed by atoms with van der Waals surface area (Å²) in [5.41, 5.74) is 2.55. The molecule has 1 aliphatic rings. The molecule has 1 aromatic carbocycles. The van der Waals surface area contributed by atoms with Crippen LogP contribution in [0.3, 0.4) is 0 Å². The third kappa shape index (κ3) is 6.10. The molecular weight excluding hydrogens is 394 g/mol. The van der Waals surface area contributed by atoms with Gasteiger partial charge in [-0.2, -0.15) is 0 Å². The Morgan fingerprint density at radius 2 is 1.84 bits per heavy atom. The SMILES string of the molecule is COc1cc(=O)n(C)cc1-c1ccccc1CN1CCC(NC(=O)OC(C)(C)C)CC1. The van der Waals surface area contributed by atoms with E-state index in [1.807, 2.05) is 39.1 Å². The molecular formula is C24H33N3O4. The van der Waals surface area contributed by atoms with Crippen molar-refractivity contribution in [2.24, 2.45) is 7.05 Å². The molecule has 1 amide bonds. The van der Waals surface area contributed by atoms with Crippen LogP contribution in [0.4, 0.5) is 4.79 Å². The minimum Gasteiger partial charge on any atom is -0.496 e. The molecule has 0 radical (unpaired) electrons. The average Bonchev–Trinajstić information content (AvgIpc) is 2.70. The Morgan fingerprint density at radius 1 is 1.16 bits per heavy atom. The van der Waals surface area contributed by atoms with Crippen molar-refractivity contribution < 1.29 is 14.3 Å². The van der Waals surface area contributed by atoms with Crippen LogP contribution in [0.25, 0.3) is 11.1 Å². The fourth-order valence-corrected chi connectivity index (χ4v) is 3.86. The van der Waals surface area contributed by atoms with E-state index in [2.05, 4.69) is 22.3 Å². The van der Waals surface area contributed by atoms with Crippen molar-refractivity contribution in [2.45, 2.75) is 51.8 Å². The lowest BCUT2D eigenvalue weighted by molar-refractivity contribution is 0.0477. The second kappa shape index (κ2) is 9.56. The van der Waals surface area contributed by atoms with E-state index in [9.17, 15) is 9.59 Å². The zero-order valence-corrected chi connectivity index (χ0v) is 19.1. The summed E-state index contributed by atoms with van der Waals surface area (Å²) in [7, 11) is 3.33. The quantitative estimate of drug-likeness (QED) is 0.790. The fourth-order valence-electron chi connectivity index (χ4n) is 3.86. The van der Waals surface area contributed by atoms with Crippen molar-refractivity contribution in [3.63, 3.8) is 0 Å². The highest BCUT2D eigenvalue weighted by atomic mass is 16.6. The van der Waals surface area contributed by atoms with Crippen LogP contribution in [0.15, 0.2) is 41.3 Å². The lowest BCUT2D eigenvalue weighted by Crippen LogP contribution is -2.45. The van der Waals surface area contributed by atoms with Crippen LogP contribution in [0, 0.1) is 0 Å². The predicted octanol–water partition coefficient (Wildman–Crippen LogP) is 3.55. The summed E-state index contributed by atoms with van der Waals surface area (Å²) in [6.45, 7) is 8.17. The largest absolute Gasteiger partial charge is 0.496 e. The van der Waals surface area contributed by atoms with E-state index in [-0.39, 0.29) is 17.7 Å². The molecule has 7 heteroatoms. The number of ether oxygens (including phenoxy) is 2. The first-order chi connectivity index (χ1) is 14.7. The first-order valence-electron chi connectivity index (χ1n) is 10.7. The van der Waals surface area contributed by atoms with Crippen LogP contribution in [0.5, 0.6) is 5.75 Å². The van der Waals surface area contributed by atoms with E-state index in [1.165, 1.54) is 11.6 Å². The topological polar surface area (TPSA) is 72.8 Å². The molecule has 0 saturated carbocycles. The first kappa shape index (κ1) is 22.9. The van der Waals surface area contributed by atoms with Crippen LogP contribution in [-0.2, 0) is 18.3 Å². The van der Waals surface area contributed by atoms with Crippen LogP contribution in [0.2, 0.25) is 0 Å². The minimum absolute atomic E-state index is 0.0994. The van der Waals surface area contributed by atoms with Crippen molar-refractivity contribution in [3.05, 3.63) is 52.4 Å². The number of carbonyl (C=O) groups is 1. The van der Waals surface area contributed by atoms with Gasteiger partial charge in [0.1, 0.15) is 11.4 Å². The second-order valence-corrected chi connectivity index (χ2v) is 9.06. The van der Waals surface area contributed by atoms with Gasteiger partial charge in [0.15, 0.2) is 0 Å². The number of methoxy groups -OCH3 is 1. The highest BCUT2D eigenvalue weighted by molar-refractivity contribution is 5.72. The van der Waals surface area contributed by atoms with Crippen LogP contribution in [-0.4, -0.2) is 47.4 Å². The number of nitrogens with zero attached hydrogens (tertiary/aromatic N) is 2. The van der Waals surface area contributed by atoms with Gasteiger partial charge in [-0.05, 0) is 44.7 Å². The third-order valence-corrected chi connectivity index (χ3v) is 5.42. The molecule has 3 rings (SSSR count). The molecule has 0 atom stereocenters. The lowest BCUT2D eigenvalue weighted by Gasteiger charge is -2.33. The number of nitrogens with one attached hydrogen (secondary N) is 1. The summed E-state index contributed by atoms with van der Waals surface area (Å²) in [5, 5.41) is 2.99. The number of likely N-dealkylation sites (tertiary alicyclic amines) is 1. The second-order valence-electron chi connectivity index (χ2n) is 9.06. The Balaban J connectivity index is 1.68. The standard InChI is InChI=1S/C24H33N3O4/c1-24(2,3)31-23(29)25-18-10-12-27(13-11-18)15-17-8-6-7-9-19(17)20-16-26(4)22(28)14-21(20)30-5/h6-9,14,16,18H,10-13,15H2,1-5H3,(H,25,29). The number of carbonyl (C=O) groups excluding carboxylic acids is 1. The Kier molecular flexibility index (Phi) is 7.05. The van der Waals surface area contributed by atoms with Gasteiger partial charge in [-0.25, -0.2) is 4.79 Å². The third-order valence-electron chi connectivity index (χ3n) is 5.42. The number of piperidine rings is 1. The predicted molar refractivity (Wildman–Crippen MR) is 121 cm³/mol. The van der Waals surface area contributed by atoms with Gasteiger partial charge < -0.3 is 19.4 Å². The molecule has 1 fully saturated rings. The maximum Gasteiger partial charge on any atom is 0.407 e. The lowest BCUT2D eigenvalue weighted by atomic mass is 9.98. The summed E-state index contributed by atoms with van der Waals surface area (Å²) in [4.78, 5) is 26.4. The van der Waals surface area contributed by atoms with E-state index in [1.54, 1.807) is 18.7 Å². The molecule has 2 heterocycles. The normalized spacial score (nSPS) is 15.5. The summed E-state index contributed by atoms with van der Waals surface area (Å²) >= 11 is 0. The first-order valence-corrected chi connectivity index (χ1v) is 10.7. The van der Waals surface area contributed by atoms with Crippen molar-refractivity contribution in [3.8, 4) is 16.9 Å². The summed E-state index contributed by atoms with van der Waals surface area (Å²) in [6, 6.07) is 9.87. The van der Waals surface area contributed by atoms with E-state index in [4.69, 9.17) is 9.47 Å². The number of hydrogen-bond acceptors (Lipinski definition) is 5. The monoisotopic (exact) mass is 427 g/mol. The molecule has 0 aliphatic carbocycles. The Labute approximate surface area is 184 Å². The zero-order chi connectivity index (χ0) is 22.6. The zero-order valence-electron chi connectivity index (χ0n) is 19.1. The van der Waals surface area contributed by atoms with Gasteiger partial charge in [-0.1, -0.05) is 24.3 Å². The summed E-state index contributed by atoms with van der Waals surface area (Å²) in [5.74, 6) is 0.579. The maximum absolute atomic E-state index is 12.0. The minimum atomic E-state index is -0.490. The van der Waals surface area contributed by atoms with Crippen molar-refractivity contribution in [1.82, 2.24) is 14.8 Å². The number of benzene rings is 1. The number of aryl methyl sites for hydroxylation is 1. The number of pyridine rings is 1. The molecule has 0 spiro atoms. The van der Waals surface area contributed by atoms with Gasteiger partial charge in [0, 0.05) is 50.6 Å². The molecule has 2 aromatic rings. The van der Waals surface area contributed by atoms with Crippen molar-refractivity contribution in [1.29, 1.82) is 0 Å². The number of alkyl carbamates (subject to hydrolysis) is 1. The molecule has 1 N–H and O–H groups in total.